The minimum Gasteiger partial charge on any atom is -0.411 e. The highest BCUT2D eigenvalue weighted by Crippen LogP contribution is 2.26. The van der Waals surface area contributed by atoms with Crippen LogP contribution in [0.5, 0.6) is 0 Å². The molecule has 0 unspecified atom stereocenters. The van der Waals surface area contributed by atoms with Crippen molar-refractivity contribution in [1.29, 1.82) is 5.26 Å². The standard InChI is InChI=1S/C21H19N5O6S/c1-33(30,31)18-10-6-16(7-11-18)21-13-20(19(24-27)3-2-12-32-26(28)29)23-25(21)17-8-4-15(14-22)5-9-17/h4-11,13,27H,2-3,12H2,1H3/b24-19+. The fourth-order valence-electron chi connectivity index (χ4n) is 3.08. The van der Waals surface area contributed by atoms with Gasteiger partial charge in [0, 0.05) is 11.8 Å². The normalized spacial score (nSPS) is 11.7. The Balaban J connectivity index is 2.02. The first kappa shape index (κ1) is 23.4. The molecule has 0 aliphatic carbocycles. The number of oxime groups is 1. The van der Waals surface area contributed by atoms with E-state index in [1.54, 1.807) is 47.1 Å². The molecule has 1 heterocycles. The van der Waals surface area contributed by atoms with Gasteiger partial charge in [-0.15, -0.1) is 10.1 Å². The van der Waals surface area contributed by atoms with Gasteiger partial charge in [-0.2, -0.15) is 10.4 Å². The Morgan fingerprint density at radius 2 is 1.91 bits per heavy atom. The quantitative estimate of drug-likeness (QED) is 0.164. The van der Waals surface area contributed by atoms with Crippen molar-refractivity contribution in [2.75, 3.05) is 12.9 Å². The van der Waals surface area contributed by atoms with Crippen LogP contribution in [-0.2, 0) is 14.7 Å². The summed E-state index contributed by atoms with van der Waals surface area (Å²) in [6.45, 7) is -0.165. The first-order valence-corrected chi connectivity index (χ1v) is 11.5. The zero-order valence-corrected chi connectivity index (χ0v) is 18.3. The van der Waals surface area contributed by atoms with E-state index >= 15 is 0 Å². The largest absolute Gasteiger partial charge is 0.411 e. The molecular formula is C21H19N5O6S. The highest BCUT2D eigenvalue weighted by Gasteiger charge is 2.17. The minimum absolute atomic E-state index is 0.165. The average molecular weight is 469 g/mol. The van der Waals surface area contributed by atoms with E-state index in [1.807, 2.05) is 6.07 Å². The molecule has 11 nitrogen and oxygen atoms in total. The number of aromatic nitrogens is 2. The van der Waals surface area contributed by atoms with Crippen molar-refractivity contribution >= 4 is 15.5 Å². The molecule has 0 saturated heterocycles. The van der Waals surface area contributed by atoms with Crippen LogP contribution in [0.15, 0.2) is 64.6 Å². The van der Waals surface area contributed by atoms with Gasteiger partial charge in [0.15, 0.2) is 9.84 Å². The Labute approximate surface area is 189 Å². The maximum absolute atomic E-state index is 11.8. The van der Waals surface area contributed by atoms with Crippen molar-refractivity contribution in [3.8, 4) is 23.0 Å². The Kier molecular flexibility index (Phi) is 7.04. The molecule has 3 aromatic rings. The van der Waals surface area contributed by atoms with Crippen LogP contribution in [0.25, 0.3) is 16.9 Å². The molecule has 170 valence electrons. The molecule has 0 atom stereocenters. The fraction of sp³-hybridized carbons (Fsp3) is 0.190. The van der Waals surface area contributed by atoms with Gasteiger partial charge < -0.3 is 10.0 Å². The van der Waals surface area contributed by atoms with Crippen molar-refractivity contribution in [3.05, 3.63) is 76.0 Å². The maximum atomic E-state index is 11.8. The Bertz CT molecular complexity index is 1320. The summed E-state index contributed by atoms with van der Waals surface area (Å²) in [6.07, 6.45) is 1.51. The second kappa shape index (κ2) is 9.92. The smallest absolute Gasteiger partial charge is 0.294 e. The van der Waals surface area contributed by atoms with Crippen molar-refractivity contribution in [2.45, 2.75) is 17.7 Å². The van der Waals surface area contributed by atoms with Gasteiger partial charge in [-0.05, 0) is 55.3 Å². The minimum atomic E-state index is -3.37. The molecule has 0 aliphatic rings. The van der Waals surface area contributed by atoms with Crippen LogP contribution in [0.1, 0.15) is 24.1 Å². The molecule has 2 aromatic carbocycles. The third-order valence-corrected chi connectivity index (χ3v) is 5.83. The van der Waals surface area contributed by atoms with Crippen LogP contribution < -0.4 is 0 Å². The van der Waals surface area contributed by atoms with Crippen LogP contribution in [-0.4, -0.2) is 47.1 Å². The fourth-order valence-corrected chi connectivity index (χ4v) is 3.71. The number of nitriles is 1. The van der Waals surface area contributed by atoms with E-state index < -0.39 is 14.9 Å². The van der Waals surface area contributed by atoms with E-state index in [2.05, 4.69) is 15.1 Å². The summed E-state index contributed by atoms with van der Waals surface area (Å²) >= 11 is 0. The molecule has 1 aromatic heterocycles. The van der Waals surface area contributed by atoms with Gasteiger partial charge >= 0.3 is 0 Å². The Morgan fingerprint density at radius 1 is 1.24 bits per heavy atom. The monoisotopic (exact) mass is 469 g/mol. The lowest BCUT2D eigenvalue weighted by atomic mass is 10.1. The molecule has 12 heteroatoms. The predicted octanol–water partition coefficient (Wildman–Crippen LogP) is 2.98. The van der Waals surface area contributed by atoms with E-state index in [-0.39, 0.29) is 30.1 Å². The number of hydrogen-bond donors (Lipinski definition) is 1. The highest BCUT2D eigenvalue weighted by molar-refractivity contribution is 7.90. The molecule has 0 aliphatic heterocycles. The summed E-state index contributed by atoms with van der Waals surface area (Å²) in [7, 11) is -3.37. The van der Waals surface area contributed by atoms with Crippen LogP contribution >= 0.6 is 0 Å². The van der Waals surface area contributed by atoms with Gasteiger partial charge in [0.25, 0.3) is 5.09 Å². The molecule has 0 amide bonds. The van der Waals surface area contributed by atoms with E-state index in [1.165, 1.54) is 12.1 Å². The number of hydrogen-bond acceptors (Lipinski definition) is 9. The molecule has 0 bridgehead atoms. The number of rotatable bonds is 9. The third-order valence-electron chi connectivity index (χ3n) is 4.70. The first-order valence-electron chi connectivity index (χ1n) is 9.62. The number of sulfone groups is 1. The third kappa shape index (κ3) is 5.72. The summed E-state index contributed by atoms with van der Waals surface area (Å²) in [6, 6.07) is 16.6. The summed E-state index contributed by atoms with van der Waals surface area (Å²) in [4.78, 5) is 14.8. The molecule has 0 fully saturated rings. The molecule has 0 saturated carbocycles. The predicted molar refractivity (Wildman–Crippen MR) is 117 cm³/mol. The van der Waals surface area contributed by atoms with Crippen LogP contribution in [0.3, 0.4) is 0 Å². The molecule has 0 spiro atoms. The van der Waals surface area contributed by atoms with E-state index in [9.17, 15) is 23.7 Å². The summed E-state index contributed by atoms with van der Waals surface area (Å²) in [5, 5.41) is 35.8. The van der Waals surface area contributed by atoms with Crippen LogP contribution in [0.2, 0.25) is 0 Å². The van der Waals surface area contributed by atoms with E-state index in [0.29, 0.717) is 28.2 Å². The number of benzene rings is 2. The topological polar surface area (TPSA) is 161 Å². The van der Waals surface area contributed by atoms with Gasteiger partial charge in [-0.1, -0.05) is 17.3 Å². The lowest BCUT2D eigenvalue weighted by Gasteiger charge is -2.08. The van der Waals surface area contributed by atoms with Gasteiger partial charge in [-0.25, -0.2) is 13.1 Å². The Morgan fingerprint density at radius 3 is 2.45 bits per heavy atom. The lowest BCUT2D eigenvalue weighted by Crippen LogP contribution is -2.08. The molecular weight excluding hydrogens is 450 g/mol. The zero-order chi connectivity index (χ0) is 24.0. The van der Waals surface area contributed by atoms with Crippen molar-refractivity contribution in [2.24, 2.45) is 5.16 Å². The zero-order valence-electron chi connectivity index (χ0n) is 17.5. The van der Waals surface area contributed by atoms with Gasteiger partial charge in [0.1, 0.15) is 11.4 Å². The second-order valence-corrected chi connectivity index (χ2v) is 9.00. The summed E-state index contributed by atoms with van der Waals surface area (Å²) in [5.41, 5.74) is 2.84. The highest BCUT2D eigenvalue weighted by atomic mass is 32.2. The van der Waals surface area contributed by atoms with E-state index in [4.69, 9.17) is 5.26 Å². The molecule has 1 N–H and O–H groups in total. The van der Waals surface area contributed by atoms with E-state index in [0.717, 1.165) is 6.26 Å². The summed E-state index contributed by atoms with van der Waals surface area (Å²) < 4.78 is 25.2. The summed E-state index contributed by atoms with van der Waals surface area (Å²) in [5.74, 6) is 0. The average Bonchev–Trinajstić information content (AvgIpc) is 3.23. The van der Waals surface area contributed by atoms with Crippen LogP contribution in [0, 0.1) is 21.4 Å². The maximum Gasteiger partial charge on any atom is 0.294 e. The lowest BCUT2D eigenvalue weighted by molar-refractivity contribution is -0.757. The molecule has 33 heavy (non-hydrogen) atoms. The van der Waals surface area contributed by atoms with Crippen molar-refractivity contribution in [1.82, 2.24) is 9.78 Å². The number of nitrogens with zero attached hydrogens (tertiary/aromatic N) is 5. The van der Waals surface area contributed by atoms with Crippen molar-refractivity contribution < 1.29 is 23.5 Å². The van der Waals surface area contributed by atoms with Gasteiger partial charge in [0.2, 0.25) is 0 Å². The first-order chi connectivity index (χ1) is 15.7. The SMILES string of the molecule is CS(=O)(=O)c1ccc(-c2cc(/C(CCCO[N+](=O)[O-])=N/O)nn2-c2ccc(C#N)cc2)cc1. The van der Waals surface area contributed by atoms with Crippen molar-refractivity contribution in [3.63, 3.8) is 0 Å². The second-order valence-electron chi connectivity index (χ2n) is 6.99. The van der Waals surface area contributed by atoms with Gasteiger partial charge in [-0.3, -0.25) is 0 Å². The van der Waals surface area contributed by atoms with Crippen LogP contribution in [0.4, 0.5) is 0 Å². The molecule has 0 radical (unpaired) electrons. The molecule has 3 rings (SSSR count). The van der Waals surface area contributed by atoms with Gasteiger partial charge in [0.05, 0.1) is 34.5 Å². The Hall–Kier alpha value is -4.24.